The molecule has 2 atom stereocenters. The molecule has 7 nitrogen and oxygen atoms in total. The van der Waals surface area contributed by atoms with Gasteiger partial charge in [0.2, 0.25) is 17.7 Å². The zero-order valence-corrected chi connectivity index (χ0v) is 13.6. The molecule has 0 bridgehead atoms. The minimum absolute atomic E-state index is 0.0150. The molecule has 0 radical (unpaired) electrons. The smallest absolute Gasteiger partial charge is 0.246 e. The van der Waals surface area contributed by atoms with E-state index in [0.29, 0.717) is 26.2 Å². The third kappa shape index (κ3) is 3.65. The molecule has 0 unspecified atom stereocenters. The van der Waals surface area contributed by atoms with Crippen molar-refractivity contribution in [3.05, 3.63) is 0 Å². The number of carbonyl (C=O) groups is 3. The van der Waals surface area contributed by atoms with Crippen molar-refractivity contribution in [2.75, 3.05) is 32.8 Å². The molecule has 3 amide bonds. The number of fused-ring (bicyclic) bond motifs is 1. The van der Waals surface area contributed by atoms with E-state index in [1.807, 2.05) is 9.80 Å². The van der Waals surface area contributed by atoms with Crippen molar-refractivity contribution in [2.45, 2.75) is 44.8 Å². The fourth-order valence-corrected chi connectivity index (χ4v) is 3.79. The van der Waals surface area contributed by atoms with Gasteiger partial charge in [0.15, 0.2) is 0 Å². The quantitative estimate of drug-likeness (QED) is 0.722. The topological polar surface area (TPSA) is 79.0 Å². The lowest BCUT2D eigenvalue weighted by Crippen LogP contribution is -2.51. The first kappa shape index (κ1) is 16.2. The van der Waals surface area contributed by atoms with E-state index in [0.717, 1.165) is 25.7 Å². The summed E-state index contributed by atoms with van der Waals surface area (Å²) in [5, 5.41) is 2.97. The summed E-state index contributed by atoms with van der Waals surface area (Å²) < 4.78 is 5.59. The van der Waals surface area contributed by atoms with Crippen LogP contribution in [-0.4, -0.2) is 72.5 Å². The van der Waals surface area contributed by atoms with E-state index in [4.69, 9.17) is 4.74 Å². The van der Waals surface area contributed by atoms with E-state index in [1.165, 1.54) is 0 Å². The fraction of sp³-hybridized carbons (Fsp3) is 0.812. The maximum absolute atomic E-state index is 12.7. The van der Waals surface area contributed by atoms with Gasteiger partial charge in [0.05, 0.1) is 12.1 Å². The van der Waals surface area contributed by atoms with Gasteiger partial charge in [-0.2, -0.15) is 0 Å². The number of nitrogens with one attached hydrogen (secondary N) is 1. The Balaban J connectivity index is 1.54. The summed E-state index contributed by atoms with van der Waals surface area (Å²) in [6, 6.07) is 0.0219. The average molecular weight is 323 g/mol. The van der Waals surface area contributed by atoms with Gasteiger partial charge in [0, 0.05) is 39.0 Å². The SMILES string of the molecule is CC(=O)N1CCC(C(=O)N2CC[C@@H]3NC(=O)CO[C@H]3CC2)CC1. The molecule has 3 rings (SSSR count). The van der Waals surface area contributed by atoms with Gasteiger partial charge in [-0.3, -0.25) is 14.4 Å². The van der Waals surface area contributed by atoms with Crippen LogP contribution >= 0.6 is 0 Å². The van der Waals surface area contributed by atoms with Crippen molar-refractivity contribution in [3.8, 4) is 0 Å². The van der Waals surface area contributed by atoms with Crippen molar-refractivity contribution in [1.82, 2.24) is 15.1 Å². The summed E-state index contributed by atoms with van der Waals surface area (Å²) in [5.74, 6) is 0.227. The Morgan fingerprint density at radius 2 is 1.70 bits per heavy atom. The Kier molecular flexibility index (Phi) is 4.84. The number of rotatable bonds is 1. The molecule has 0 aromatic rings. The lowest BCUT2D eigenvalue weighted by Gasteiger charge is -2.33. The number of morpholine rings is 1. The predicted molar refractivity (Wildman–Crippen MR) is 82.5 cm³/mol. The highest BCUT2D eigenvalue weighted by Crippen LogP contribution is 2.23. The maximum Gasteiger partial charge on any atom is 0.246 e. The molecule has 0 saturated carbocycles. The molecule has 3 aliphatic heterocycles. The zero-order chi connectivity index (χ0) is 16.4. The van der Waals surface area contributed by atoms with Crippen LogP contribution in [0.5, 0.6) is 0 Å². The molecule has 23 heavy (non-hydrogen) atoms. The largest absolute Gasteiger partial charge is 0.366 e. The van der Waals surface area contributed by atoms with Gasteiger partial charge in [-0.1, -0.05) is 0 Å². The third-order valence-corrected chi connectivity index (χ3v) is 5.22. The Labute approximate surface area is 136 Å². The number of carbonyl (C=O) groups excluding carboxylic acids is 3. The second-order valence-corrected chi connectivity index (χ2v) is 6.71. The molecular weight excluding hydrogens is 298 g/mol. The number of likely N-dealkylation sites (tertiary alicyclic amines) is 2. The zero-order valence-electron chi connectivity index (χ0n) is 13.6. The molecule has 0 aromatic carbocycles. The molecule has 128 valence electrons. The van der Waals surface area contributed by atoms with Crippen molar-refractivity contribution >= 4 is 17.7 Å². The number of hydrogen-bond acceptors (Lipinski definition) is 4. The lowest BCUT2D eigenvalue weighted by molar-refractivity contribution is -0.140. The molecule has 0 spiro atoms. The first-order valence-corrected chi connectivity index (χ1v) is 8.50. The monoisotopic (exact) mass is 323 g/mol. The minimum Gasteiger partial charge on any atom is -0.366 e. The van der Waals surface area contributed by atoms with E-state index in [9.17, 15) is 14.4 Å². The second-order valence-electron chi connectivity index (χ2n) is 6.71. The minimum atomic E-state index is -0.0670. The van der Waals surface area contributed by atoms with Crippen LogP contribution in [0, 0.1) is 5.92 Å². The van der Waals surface area contributed by atoms with E-state index in [1.54, 1.807) is 6.92 Å². The highest BCUT2D eigenvalue weighted by molar-refractivity contribution is 5.80. The Bertz CT molecular complexity index is 488. The molecule has 0 aromatic heterocycles. The predicted octanol–water partition coefficient (Wildman–Crippen LogP) is -0.249. The fourth-order valence-electron chi connectivity index (χ4n) is 3.79. The van der Waals surface area contributed by atoms with Crippen molar-refractivity contribution in [1.29, 1.82) is 0 Å². The van der Waals surface area contributed by atoms with E-state index < -0.39 is 0 Å². The summed E-state index contributed by atoms with van der Waals surface area (Å²) in [5.41, 5.74) is 0. The standard InChI is InChI=1S/C16H25N3O4/c1-11(20)18-6-2-12(3-7-18)16(22)19-8-4-13-14(5-9-19)23-10-15(21)17-13/h12-14H,2-10H2,1H3,(H,17,21)/t13-,14-/m0/s1. The number of hydrogen-bond donors (Lipinski definition) is 1. The molecule has 0 aliphatic carbocycles. The van der Waals surface area contributed by atoms with Gasteiger partial charge in [-0.25, -0.2) is 0 Å². The van der Waals surface area contributed by atoms with Crippen LogP contribution in [0.2, 0.25) is 0 Å². The number of piperidine rings is 1. The van der Waals surface area contributed by atoms with Crippen LogP contribution in [0.4, 0.5) is 0 Å². The maximum atomic E-state index is 12.7. The molecule has 3 aliphatic rings. The summed E-state index contributed by atoms with van der Waals surface area (Å²) in [6.07, 6.45) is 3.02. The molecule has 3 heterocycles. The lowest BCUT2D eigenvalue weighted by atomic mass is 9.95. The Morgan fingerprint density at radius 1 is 1.04 bits per heavy atom. The van der Waals surface area contributed by atoms with E-state index in [2.05, 4.69) is 5.32 Å². The Morgan fingerprint density at radius 3 is 2.39 bits per heavy atom. The average Bonchev–Trinajstić information content (AvgIpc) is 2.76. The second kappa shape index (κ2) is 6.86. The Hall–Kier alpha value is -1.63. The van der Waals surface area contributed by atoms with Crippen LogP contribution in [0.3, 0.4) is 0 Å². The first-order valence-electron chi connectivity index (χ1n) is 8.50. The molecule has 3 fully saturated rings. The van der Waals surface area contributed by atoms with Gasteiger partial charge in [0.1, 0.15) is 6.61 Å². The summed E-state index contributed by atoms with van der Waals surface area (Å²) in [6.45, 7) is 4.39. The highest BCUT2D eigenvalue weighted by Gasteiger charge is 2.35. The number of amides is 3. The van der Waals surface area contributed by atoms with Crippen molar-refractivity contribution in [2.24, 2.45) is 5.92 Å². The summed E-state index contributed by atoms with van der Waals surface area (Å²) in [4.78, 5) is 39.3. The van der Waals surface area contributed by atoms with Crippen LogP contribution in [-0.2, 0) is 19.1 Å². The van der Waals surface area contributed by atoms with Gasteiger partial charge in [0.25, 0.3) is 0 Å². The molecular formula is C16H25N3O4. The summed E-state index contributed by atoms with van der Waals surface area (Å²) >= 11 is 0. The van der Waals surface area contributed by atoms with Gasteiger partial charge in [-0.15, -0.1) is 0 Å². The van der Waals surface area contributed by atoms with Crippen LogP contribution in [0.1, 0.15) is 32.6 Å². The van der Waals surface area contributed by atoms with E-state index >= 15 is 0 Å². The van der Waals surface area contributed by atoms with E-state index in [-0.39, 0.29) is 42.4 Å². The van der Waals surface area contributed by atoms with Crippen LogP contribution in [0.15, 0.2) is 0 Å². The normalized spacial score (nSPS) is 29.5. The van der Waals surface area contributed by atoms with Crippen molar-refractivity contribution in [3.63, 3.8) is 0 Å². The highest BCUT2D eigenvalue weighted by atomic mass is 16.5. The number of ether oxygens (including phenoxy) is 1. The van der Waals surface area contributed by atoms with Crippen molar-refractivity contribution < 1.29 is 19.1 Å². The first-order chi connectivity index (χ1) is 11.0. The van der Waals surface area contributed by atoms with Gasteiger partial charge < -0.3 is 19.9 Å². The molecule has 7 heteroatoms. The third-order valence-electron chi connectivity index (χ3n) is 5.22. The van der Waals surface area contributed by atoms with Crippen LogP contribution in [0.25, 0.3) is 0 Å². The summed E-state index contributed by atoms with van der Waals surface area (Å²) in [7, 11) is 0. The van der Waals surface area contributed by atoms with Gasteiger partial charge >= 0.3 is 0 Å². The van der Waals surface area contributed by atoms with Crippen LogP contribution < -0.4 is 5.32 Å². The van der Waals surface area contributed by atoms with Gasteiger partial charge in [-0.05, 0) is 25.7 Å². The molecule has 1 N–H and O–H groups in total. The molecule has 3 saturated heterocycles. The number of nitrogens with zero attached hydrogens (tertiary/aromatic N) is 2.